The predicted molar refractivity (Wildman–Crippen MR) is 82.2 cm³/mol. The molecular formula is C17H26N2O. The van der Waals surface area contributed by atoms with Crippen LogP contribution in [-0.4, -0.2) is 43.2 Å². The highest BCUT2D eigenvalue weighted by molar-refractivity contribution is 5.37. The van der Waals surface area contributed by atoms with Crippen molar-refractivity contribution >= 4 is 0 Å². The molecule has 4 unspecified atom stereocenters. The fourth-order valence-electron chi connectivity index (χ4n) is 3.72. The largest absolute Gasteiger partial charge is 0.488 e. The number of fused-ring (bicyclic) bond motifs is 1. The molecule has 20 heavy (non-hydrogen) atoms. The Kier molecular flexibility index (Phi) is 3.99. The van der Waals surface area contributed by atoms with Crippen LogP contribution in [0.1, 0.15) is 25.8 Å². The number of ether oxygens (including phenoxy) is 1. The molecule has 1 saturated heterocycles. The summed E-state index contributed by atoms with van der Waals surface area (Å²) in [6.07, 6.45) is 2.62. The van der Waals surface area contributed by atoms with Gasteiger partial charge in [0.05, 0.1) is 0 Å². The normalized spacial score (nSPS) is 33.8. The SMILES string of the molecule is CNC1CCN(CC2Cc3ccccc3O2)C(C)C1C. The van der Waals surface area contributed by atoms with Crippen molar-refractivity contribution < 1.29 is 4.74 Å². The van der Waals surface area contributed by atoms with Crippen molar-refractivity contribution in [3.8, 4) is 5.75 Å². The van der Waals surface area contributed by atoms with E-state index in [9.17, 15) is 0 Å². The number of benzene rings is 1. The molecule has 1 fully saturated rings. The van der Waals surface area contributed by atoms with Crippen molar-refractivity contribution in [1.82, 2.24) is 10.2 Å². The highest BCUT2D eigenvalue weighted by Crippen LogP contribution is 2.30. The van der Waals surface area contributed by atoms with E-state index in [2.05, 4.69) is 55.4 Å². The third-order valence-corrected chi connectivity index (χ3v) is 5.22. The Balaban J connectivity index is 1.60. The second kappa shape index (κ2) is 5.74. The van der Waals surface area contributed by atoms with Crippen LogP contribution in [0.4, 0.5) is 0 Å². The summed E-state index contributed by atoms with van der Waals surface area (Å²) >= 11 is 0. The van der Waals surface area contributed by atoms with E-state index in [0.717, 1.165) is 18.7 Å². The molecule has 0 bridgehead atoms. The van der Waals surface area contributed by atoms with Gasteiger partial charge in [-0.15, -0.1) is 0 Å². The zero-order valence-corrected chi connectivity index (χ0v) is 12.8. The van der Waals surface area contributed by atoms with Gasteiger partial charge in [-0.25, -0.2) is 0 Å². The summed E-state index contributed by atoms with van der Waals surface area (Å²) in [7, 11) is 2.08. The lowest BCUT2D eigenvalue weighted by Gasteiger charge is -2.43. The van der Waals surface area contributed by atoms with Gasteiger partial charge >= 0.3 is 0 Å². The molecule has 2 aliphatic heterocycles. The number of nitrogens with zero attached hydrogens (tertiary/aromatic N) is 1. The fraction of sp³-hybridized carbons (Fsp3) is 0.647. The van der Waals surface area contributed by atoms with E-state index in [1.54, 1.807) is 0 Å². The second-order valence-electron chi connectivity index (χ2n) is 6.33. The molecule has 3 rings (SSSR count). The number of hydrogen-bond donors (Lipinski definition) is 1. The van der Waals surface area contributed by atoms with E-state index >= 15 is 0 Å². The summed E-state index contributed by atoms with van der Waals surface area (Å²) in [6.45, 7) is 6.95. The molecule has 4 atom stereocenters. The molecule has 2 heterocycles. The number of likely N-dealkylation sites (tertiary alicyclic amines) is 1. The molecule has 0 aliphatic carbocycles. The van der Waals surface area contributed by atoms with Crippen molar-refractivity contribution in [2.75, 3.05) is 20.1 Å². The number of piperidine rings is 1. The van der Waals surface area contributed by atoms with Crippen LogP contribution in [-0.2, 0) is 6.42 Å². The highest BCUT2D eigenvalue weighted by atomic mass is 16.5. The van der Waals surface area contributed by atoms with Crippen LogP contribution in [0.5, 0.6) is 5.75 Å². The molecule has 0 spiro atoms. The van der Waals surface area contributed by atoms with Crippen molar-refractivity contribution in [3.05, 3.63) is 29.8 Å². The smallest absolute Gasteiger partial charge is 0.123 e. The molecule has 3 nitrogen and oxygen atoms in total. The summed E-state index contributed by atoms with van der Waals surface area (Å²) in [5, 5.41) is 3.45. The monoisotopic (exact) mass is 274 g/mol. The van der Waals surface area contributed by atoms with Crippen LogP contribution in [0.15, 0.2) is 24.3 Å². The number of hydrogen-bond acceptors (Lipinski definition) is 3. The van der Waals surface area contributed by atoms with Gasteiger partial charge in [0, 0.05) is 31.6 Å². The summed E-state index contributed by atoms with van der Waals surface area (Å²) in [4.78, 5) is 2.61. The topological polar surface area (TPSA) is 24.5 Å². The minimum Gasteiger partial charge on any atom is -0.488 e. The van der Waals surface area contributed by atoms with E-state index in [4.69, 9.17) is 4.74 Å². The molecule has 0 radical (unpaired) electrons. The Morgan fingerprint density at radius 1 is 1.30 bits per heavy atom. The number of para-hydroxylation sites is 1. The van der Waals surface area contributed by atoms with Gasteiger partial charge < -0.3 is 10.1 Å². The van der Waals surface area contributed by atoms with E-state index in [0.29, 0.717) is 24.1 Å². The quantitative estimate of drug-likeness (QED) is 0.915. The zero-order valence-electron chi connectivity index (χ0n) is 12.8. The lowest BCUT2D eigenvalue weighted by atomic mass is 9.87. The highest BCUT2D eigenvalue weighted by Gasteiger charge is 2.34. The Morgan fingerprint density at radius 3 is 2.85 bits per heavy atom. The van der Waals surface area contributed by atoms with E-state index < -0.39 is 0 Å². The van der Waals surface area contributed by atoms with Gasteiger partial charge in [-0.1, -0.05) is 25.1 Å². The average Bonchev–Trinajstić information content (AvgIpc) is 2.86. The van der Waals surface area contributed by atoms with Crippen molar-refractivity contribution in [1.29, 1.82) is 0 Å². The molecule has 110 valence electrons. The Morgan fingerprint density at radius 2 is 2.10 bits per heavy atom. The van der Waals surface area contributed by atoms with Gasteiger partial charge in [0.1, 0.15) is 11.9 Å². The Labute approximate surface area is 122 Å². The van der Waals surface area contributed by atoms with Crippen molar-refractivity contribution in [2.24, 2.45) is 5.92 Å². The first kappa shape index (κ1) is 13.9. The van der Waals surface area contributed by atoms with Gasteiger partial charge in [-0.2, -0.15) is 0 Å². The third-order valence-electron chi connectivity index (χ3n) is 5.22. The first-order chi connectivity index (χ1) is 9.69. The molecule has 0 amide bonds. The lowest BCUT2D eigenvalue weighted by molar-refractivity contribution is 0.0533. The maximum atomic E-state index is 6.09. The van der Waals surface area contributed by atoms with Gasteiger partial charge in [-0.05, 0) is 37.9 Å². The van der Waals surface area contributed by atoms with Crippen LogP contribution in [0.25, 0.3) is 0 Å². The number of rotatable bonds is 3. The lowest BCUT2D eigenvalue weighted by Crippen LogP contribution is -2.54. The van der Waals surface area contributed by atoms with Gasteiger partial charge in [0.25, 0.3) is 0 Å². The van der Waals surface area contributed by atoms with Crippen LogP contribution < -0.4 is 10.1 Å². The molecule has 1 N–H and O–H groups in total. The summed E-state index contributed by atoms with van der Waals surface area (Å²) in [5.41, 5.74) is 1.36. The summed E-state index contributed by atoms with van der Waals surface area (Å²) < 4.78 is 6.09. The van der Waals surface area contributed by atoms with Crippen LogP contribution >= 0.6 is 0 Å². The molecule has 0 saturated carbocycles. The maximum absolute atomic E-state index is 6.09. The van der Waals surface area contributed by atoms with Crippen LogP contribution in [0, 0.1) is 5.92 Å². The Hall–Kier alpha value is -1.06. The van der Waals surface area contributed by atoms with E-state index in [-0.39, 0.29) is 0 Å². The molecule has 1 aromatic rings. The fourth-order valence-corrected chi connectivity index (χ4v) is 3.72. The molecule has 0 aromatic heterocycles. The third kappa shape index (κ3) is 2.57. The van der Waals surface area contributed by atoms with Crippen LogP contribution in [0.2, 0.25) is 0 Å². The van der Waals surface area contributed by atoms with Crippen LogP contribution in [0.3, 0.4) is 0 Å². The standard InChI is InChI=1S/C17H26N2O/c1-12-13(2)19(9-8-16(12)18-3)11-15-10-14-6-4-5-7-17(14)20-15/h4-7,12-13,15-16,18H,8-11H2,1-3H3. The maximum Gasteiger partial charge on any atom is 0.123 e. The summed E-state index contributed by atoms with van der Waals surface area (Å²) in [5.74, 6) is 1.78. The van der Waals surface area contributed by atoms with Gasteiger partial charge in [0.15, 0.2) is 0 Å². The first-order valence-corrected chi connectivity index (χ1v) is 7.85. The molecule has 2 aliphatic rings. The van der Waals surface area contributed by atoms with E-state index in [1.807, 2.05) is 0 Å². The minimum atomic E-state index is 0.327. The van der Waals surface area contributed by atoms with Crippen molar-refractivity contribution in [3.63, 3.8) is 0 Å². The zero-order chi connectivity index (χ0) is 14.1. The Bertz CT molecular complexity index is 437. The second-order valence-corrected chi connectivity index (χ2v) is 6.33. The molecular weight excluding hydrogens is 248 g/mol. The van der Waals surface area contributed by atoms with Gasteiger partial charge in [-0.3, -0.25) is 4.90 Å². The van der Waals surface area contributed by atoms with E-state index in [1.165, 1.54) is 18.5 Å². The predicted octanol–water partition coefficient (Wildman–Crippen LogP) is 2.31. The number of nitrogens with one attached hydrogen (secondary N) is 1. The minimum absolute atomic E-state index is 0.327. The summed E-state index contributed by atoms with van der Waals surface area (Å²) in [6, 6.07) is 9.72. The molecule has 1 aromatic carbocycles. The average molecular weight is 274 g/mol. The first-order valence-electron chi connectivity index (χ1n) is 7.85. The van der Waals surface area contributed by atoms with Gasteiger partial charge in [0.2, 0.25) is 0 Å². The van der Waals surface area contributed by atoms with Crippen molar-refractivity contribution in [2.45, 2.75) is 44.9 Å². The molecule has 3 heteroatoms.